The van der Waals surface area contributed by atoms with Gasteiger partial charge in [0.05, 0.1) is 11.7 Å². The first-order chi connectivity index (χ1) is 6.13. The van der Waals surface area contributed by atoms with E-state index in [-0.39, 0.29) is 11.7 Å². The first-order valence-corrected chi connectivity index (χ1v) is 3.92. The van der Waals surface area contributed by atoms with Crippen LogP contribution in [0.4, 0.5) is 0 Å². The lowest BCUT2D eigenvalue weighted by atomic mass is 10.2. The number of hydrogen-bond acceptors (Lipinski definition) is 4. The van der Waals surface area contributed by atoms with Gasteiger partial charge in [-0.25, -0.2) is 9.68 Å². The van der Waals surface area contributed by atoms with Gasteiger partial charge in [-0.05, 0) is 13.8 Å². The number of rotatable bonds is 6. The molecule has 0 bridgehead atoms. The van der Waals surface area contributed by atoms with Crippen molar-refractivity contribution in [3.05, 3.63) is 25.0 Å². The quantitative estimate of drug-likeness (QED) is 0.273. The van der Waals surface area contributed by atoms with Gasteiger partial charge < -0.3 is 4.74 Å². The van der Waals surface area contributed by atoms with Crippen molar-refractivity contribution in [1.82, 2.24) is 0 Å². The maximum atomic E-state index is 11.0. The molecule has 0 aromatic heterocycles. The summed E-state index contributed by atoms with van der Waals surface area (Å²) in [4.78, 5) is 19.6. The number of ether oxygens (including phenoxy) is 1. The van der Waals surface area contributed by atoms with Crippen molar-refractivity contribution in [2.24, 2.45) is 0 Å². The van der Waals surface area contributed by atoms with Crippen LogP contribution >= 0.6 is 0 Å². The van der Waals surface area contributed by atoms with Crippen molar-refractivity contribution in [3.63, 3.8) is 0 Å². The van der Waals surface area contributed by atoms with Crippen LogP contribution in [0, 0.1) is 0 Å². The highest BCUT2D eigenvalue weighted by molar-refractivity contribution is 5.88. The fourth-order valence-corrected chi connectivity index (χ4v) is 0.648. The van der Waals surface area contributed by atoms with Crippen LogP contribution in [0.5, 0.6) is 0 Å². The summed E-state index contributed by atoms with van der Waals surface area (Å²) < 4.78 is 5.12. The second-order valence-corrected chi connectivity index (χ2v) is 2.26. The highest BCUT2D eigenvalue weighted by Crippen LogP contribution is 2.06. The summed E-state index contributed by atoms with van der Waals surface area (Å²) in [5.74, 6) is -0.652. The highest BCUT2D eigenvalue weighted by Gasteiger charge is 2.17. The van der Waals surface area contributed by atoms with Gasteiger partial charge in [-0.2, -0.15) is 0 Å². The first-order valence-electron chi connectivity index (χ1n) is 3.92. The lowest BCUT2D eigenvalue weighted by Crippen LogP contribution is -2.19. The van der Waals surface area contributed by atoms with Gasteiger partial charge >= 0.3 is 5.97 Å². The normalized spacial score (nSPS) is 11.5. The van der Waals surface area contributed by atoms with Crippen LogP contribution in [-0.4, -0.2) is 18.7 Å². The molecule has 13 heavy (non-hydrogen) atoms. The largest absolute Gasteiger partial charge is 0.384 e. The second-order valence-electron chi connectivity index (χ2n) is 2.26. The van der Waals surface area contributed by atoms with Crippen molar-refractivity contribution in [2.75, 3.05) is 6.61 Å². The van der Waals surface area contributed by atoms with E-state index in [0.717, 1.165) is 6.26 Å². The summed E-state index contributed by atoms with van der Waals surface area (Å²) >= 11 is 0. The molecule has 0 aliphatic heterocycles. The Morgan fingerprint density at radius 2 is 2.23 bits per heavy atom. The van der Waals surface area contributed by atoms with Crippen molar-refractivity contribution < 1.29 is 19.3 Å². The zero-order valence-electron chi connectivity index (χ0n) is 7.91. The fraction of sp³-hybridized carbons (Fsp3) is 0.444. The molecule has 74 valence electrons. The molecule has 4 heteroatoms. The Bertz CT molecular complexity index is 198. The van der Waals surface area contributed by atoms with E-state index in [4.69, 9.17) is 4.74 Å². The molecule has 0 aromatic carbocycles. The Hall–Kier alpha value is -1.29. The van der Waals surface area contributed by atoms with Crippen LogP contribution in [0.15, 0.2) is 25.0 Å². The second kappa shape index (κ2) is 6.25. The maximum Gasteiger partial charge on any atom is 0.384 e. The van der Waals surface area contributed by atoms with E-state index in [2.05, 4.69) is 22.9 Å². The van der Waals surface area contributed by atoms with Gasteiger partial charge in [-0.3, -0.25) is 4.89 Å². The number of carbonyl (C=O) groups is 1. The molecule has 0 N–H and O–H groups in total. The molecule has 0 saturated heterocycles. The molecule has 0 heterocycles. The third kappa shape index (κ3) is 4.32. The summed E-state index contributed by atoms with van der Waals surface area (Å²) in [5.41, 5.74) is 0.212. The van der Waals surface area contributed by atoms with Crippen molar-refractivity contribution in [2.45, 2.75) is 20.0 Å². The molecule has 1 atom stereocenters. The summed E-state index contributed by atoms with van der Waals surface area (Å²) in [6.45, 7) is 10.8. The molecule has 0 spiro atoms. The van der Waals surface area contributed by atoms with E-state index in [9.17, 15) is 4.79 Å². The van der Waals surface area contributed by atoms with E-state index < -0.39 is 5.97 Å². The molecule has 1 unspecified atom stereocenters. The van der Waals surface area contributed by atoms with Crippen LogP contribution in [0.1, 0.15) is 13.8 Å². The van der Waals surface area contributed by atoms with Gasteiger partial charge in [-0.15, -0.1) is 0 Å². The topological polar surface area (TPSA) is 44.8 Å². The lowest BCUT2D eigenvalue weighted by Gasteiger charge is -2.11. The number of carbonyl (C=O) groups excluding carboxylic acids is 1. The lowest BCUT2D eigenvalue weighted by molar-refractivity contribution is -0.234. The molecule has 0 aliphatic rings. The third-order valence-corrected chi connectivity index (χ3v) is 1.36. The molecular formula is C9H14O4. The monoisotopic (exact) mass is 186 g/mol. The summed E-state index contributed by atoms with van der Waals surface area (Å²) in [6, 6.07) is 0. The van der Waals surface area contributed by atoms with Crippen LogP contribution in [0.25, 0.3) is 0 Å². The molecular weight excluding hydrogens is 172 g/mol. The van der Waals surface area contributed by atoms with Gasteiger partial charge in [0.1, 0.15) is 6.26 Å². The summed E-state index contributed by atoms with van der Waals surface area (Å²) in [6.07, 6.45) is 0.641. The minimum Gasteiger partial charge on any atom is -0.374 e. The standard InChI is InChI=1S/C9H14O4/c1-5-11-8(4)7(3)9(10)13-12-6-2/h6,8H,2-3,5H2,1,4H3. The van der Waals surface area contributed by atoms with Crippen LogP contribution < -0.4 is 0 Å². The van der Waals surface area contributed by atoms with Gasteiger partial charge in [0.2, 0.25) is 0 Å². The highest BCUT2D eigenvalue weighted by atomic mass is 17.2. The minimum atomic E-state index is -0.652. The Morgan fingerprint density at radius 3 is 2.69 bits per heavy atom. The molecule has 0 rings (SSSR count). The van der Waals surface area contributed by atoms with E-state index in [1.165, 1.54) is 0 Å². The molecule has 4 nitrogen and oxygen atoms in total. The molecule has 0 aromatic rings. The van der Waals surface area contributed by atoms with Gasteiger partial charge in [0.25, 0.3) is 0 Å². The average Bonchev–Trinajstić information content (AvgIpc) is 2.13. The predicted octanol–water partition coefficient (Wildman–Crippen LogP) is 1.59. The van der Waals surface area contributed by atoms with Gasteiger partial charge in [0, 0.05) is 6.61 Å². The Labute approximate surface area is 77.7 Å². The summed E-state index contributed by atoms with van der Waals surface area (Å²) in [7, 11) is 0. The van der Waals surface area contributed by atoms with Crippen LogP contribution in [0.3, 0.4) is 0 Å². The maximum absolute atomic E-state index is 11.0. The first kappa shape index (κ1) is 11.7. The molecule has 0 amide bonds. The molecule has 0 fully saturated rings. The predicted molar refractivity (Wildman–Crippen MR) is 47.6 cm³/mol. The molecule has 0 aliphatic carbocycles. The Kier molecular flexibility index (Phi) is 5.63. The Balaban J connectivity index is 3.94. The van der Waals surface area contributed by atoms with Gasteiger partial charge in [0.15, 0.2) is 0 Å². The van der Waals surface area contributed by atoms with Crippen LogP contribution in [0.2, 0.25) is 0 Å². The van der Waals surface area contributed by atoms with E-state index in [0.29, 0.717) is 6.61 Å². The SMILES string of the molecule is C=COOC(=O)C(=C)C(C)OCC. The third-order valence-electron chi connectivity index (χ3n) is 1.36. The number of hydrogen-bond donors (Lipinski definition) is 0. The molecule has 0 radical (unpaired) electrons. The molecule has 0 saturated carbocycles. The summed E-state index contributed by atoms with van der Waals surface area (Å²) in [5, 5.41) is 0. The zero-order chi connectivity index (χ0) is 10.3. The van der Waals surface area contributed by atoms with E-state index >= 15 is 0 Å². The smallest absolute Gasteiger partial charge is 0.374 e. The van der Waals surface area contributed by atoms with Crippen molar-refractivity contribution >= 4 is 5.97 Å². The zero-order valence-corrected chi connectivity index (χ0v) is 7.91. The van der Waals surface area contributed by atoms with E-state index in [1.54, 1.807) is 6.92 Å². The Morgan fingerprint density at radius 1 is 1.62 bits per heavy atom. The minimum absolute atomic E-state index is 0.212. The van der Waals surface area contributed by atoms with E-state index in [1.807, 2.05) is 6.92 Å². The van der Waals surface area contributed by atoms with Crippen molar-refractivity contribution in [3.8, 4) is 0 Å². The average molecular weight is 186 g/mol. The van der Waals surface area contributed by atoms with Crippen LogP contribution in [-0.2, 0) is 19.3 Å². The van der Waals surface area contributed by atoms with Gasteiger partial charge in [-0.1, -0.05) is 13.2 Å². The fourth-order valence-electron chi connectivity index (χ4n) is 0.648. The van der Waals surface area contributed by atoms with Crippen molar-refractivity contribution in [1.29, 1.82) is 0 Å².